The van der Waals surface area contributed by atoms with Crippen molar-refractivity contribution < 1.29 is 4.79 Å². The Balaban J connectivity index is 4.61. The maximum Gasteiger partial charge on any atom is 0.168 e. The van der Waals surface area contributed by atoms with Crippen molar-refractivity contribution in [2.24, 2.45) is 5.73 Å². The monoisotopic (exact) mass is 140 g/mol. The van der Waals surface area contributed by atoms with Crippen LogP contribution >= 0.6 is 0 Å². The second-order valence-electron chi connectivity index (χ2n) is 2.06. The molecule has 0 atom stereocenters. The Morgan fingerprint density at radius 2 is 2.10 bits per heavy atom. The molecule has 0 aliphatic heterocycles. The van der Waals surface area contributed by atoms with Crippen molar-refractivity contribution in [1.82, 2.24) is 4.90 Å². The van der Waals surface area contributed by atoms with Crippen LogP contribution in [0.15, 0.2) is 24.0 Å². The zero-order valence-electron chi connectivity index (χ0n) is 6.29. The van der Waals surface area contributed by atoms with Gasteiger partial charge in [0.15, 0.2) is 6.29 Å². The van der Waals surface area contributed by atoms with Crippen LogP contribution in [0.1, 0.15) is 0 Å². The SMILES string of the molecule is C=C/C(N)=C(/C=O)N(C)C. The summed E-state index contributed by atoms with van der Waals surface area (Å²) < 4.78 is 0. The van der Waals surface area contributed by atoms with Crippen LogP contribution in [0.4, 0.5) is 0 Å². The molecule has 0 aliphatic rings. The molecule has 0 saturated carbocycles. The normalized spacial score (nSPS) is 11.8. The standard InChI is InChI=1S/C7H12N2O/c1-4-6(8)7(5-10)9(2)3/h4-5H,1,8H2,2-3H3/b7-6+. The van der Waals surface area contributed by atoms with Gasteiger partial charge in [0.25, 0.3) is 0 Å². The Morgan fingerprint density at radius 3 is 2.20 bits per heavy atom. The fraction of sp³-hybridized carbons (Fsp3) is 0.286. The largest absolute Gasteiger partial charge is 0.397 e. The van der Waals surface area contributed by atoms with Crippen LogP contribution in [0.2, 0.25) is 0 Å². The second kappa shape index (κ2) is 3.71. The molecule has 3 heteroatoms. The molecule has 3 nitrogen and oxygen atoms in total. The first-order valence-electron chi connectivity index (χ1n) is 2.88. The van der Waals surface area contributed by atoms with E-state index in [9.17, 15) is 4.79 Å². The first-order chi connectivity index (χ1) is 4.63. The molecular weight excluding hydrogens is 128 g/mol. The van der Waals surface area contributed by atoms with Gasteiger partial charge in [0.2, 0.25) is 0 Å². The molecule has 56 valence electrons. The third-order valence-electron chi connectivity index (χ3n) is 1.11. The van der Waals surface area contributed by atoms with Crippen molar-refractivity contribution in [2.75, 3.05) is 14.1 Å². The number of rotatable bonds is 3. The summed E-state index contributed by atoms with van der Waals surface area (Å²) >= 11 is 0. The number of nitrogens with zero attached hydrogens (tertiary/aromatic N) is 1. The van der Waals surface area contributed by atoms with Crippen LogP contribution in [-0.4, -0.2) is 25.3 Å². The highest BCUT2D eigenvalue weighted by Gasteiger charge is 1.99. The van der Waals surface area contributed by atoms with Gasteiger partial charge < -0.3 is 10.6 Å². The van der Waals surface area contributed by atoms with Gasteiger partial charge in [-0.2, -0.15) is 0 Å². The van der Waals surface area contributed by atoms with E-state index in [1.807, 2.05) is 0 Å². The third kappa shape index (κ3) is 1.93. The molecule has 0 aromatic carbocycles. The van der Waals surface area contributed by atoms with E-state index in [4.69, 9.17) is 5.73 Å². The fourth-order valence-corrected chi connectivity index (χ4v) is 0.536. The van der Waals surface area contributed by atoms with E-state index in [1.165, 1.54) is 6.08 Å². The van der Waals surface area contributed by atoms with E-state index in [-0.39, 0.29) is 0 Å². The summed E-state index contributed by atoms with van der Waals surface area (Å²) in [4.78, 5) is 12.0. The van der Waals surface area contributed by atoms with Gasteiger partial charge in [-0.05, 0) is 6.08 Å². The van der Waals surface area contributed by atoms with Gasteiger partial charge in [0.1, 0.15) is 0 Å². The summed E-state index contributed by atoms with van der Waals surface area (Å²) in [6, 6.07) is 0. The summed E-state index contributed by atoms with van der Waals surface area (Å²) in [5.74, 6) is 0. The van der Waals surface area contributed by atoms with Crippen LogP contribution in [0.5, 0.6) is 0 Å². The van der Waals surface area contributed by atoms with Crippen molar-refractivity contribution in [3.8, 4) is 0 Å². The van der Waals surface area contributed by atoms with E-state index in [1.54, 1.807) is 19.0 Å². The first-order valence-corrected chi connectivity index (χ1v) is 2.88. The number of nitrogens with two attached hydrogens (primary N) is 1. The molecule has 0 amide bonds. The predicted molar refractivity (Wildman–Crippen MR) is 41.2 cm³/mol. The molecule has 0 radical (unpaired) electrons. The van der Waals surface area contributed by atoms with Crippen molar-refractivity contribution in [1.29, 1.82) is 0 Å². The molecule has 2 N–H and O–H groups in total. The van der Waals surface area contributed by atoms with E-state index in [2.05, 4.69) is 6.58 Å². The van der Waals surface area contributed by atoms with Crippen LogP contribution in [-0.2, 0) is 4.79 Å². The number of carbonyl (C=O) groups excluding carboxylic acids is 1. The van der Waals surface area contributed by atoms with E-state index in [0.29, 0.717) is 17.7 Å². The number of carbonyl (C=O) groups is 1. The van der Waals surface area contributed by atoms with E-state index >= 15 is 0 Å². The Labute approximate surface area is 60.8 Å². The quantitative estimate of drug-likeness (QED) is 0.343. The molecule has 0 aromatic heterocycles. The first kappa shape index (κ1) is 8.75. The molecule has 0 rings (SSSR count). The number of likely N-dealkylation sites (N-methyl/N-ethyl adjacent to an activating group) is 1. The van der Waals surface area contributed by atoms with Crippen LogP contribution in [0, 0.1) is 0 Å². The number of allylic oxidation sites excluding steroid dienone is 2. The summed E-state index contributed by atoms with van der Waals surface area (Å²) in [6.07, 6.45) is 2.15. The Bertz CT molecular complexity index is 170. The van der Waals surface area contributed by atoms with Crippen molar-refractivity contribution >= 4 is 6.29 Å². The zero-order valence-corrected chi connectivity index (χ0v) is 6.29. The highest BCUT2D eigenvalue weighted by molar-refractivity contribution is 5.74. The predicted octanol–water partition coefficient (Wildman–Crippen LogP) is 0.103. The fourth-order valence-electron chi connectivity index (χ4n) is 0.536. The van der Waals surface area contributed by atoms with Crippen molar-refractivity contribution in [3.63, 3.8) is 0 Å². The van der Waals surface area contributed by atoms with Gasteiger partial charge in [-0.1, -0.05) is 6.58 Å². The topological polar surface area (TPSA) is 46.3 Å². The molecular formula is C7H12N2O. The highest BCUT2D eigenvalue weighted by atomic mass is 16.1. The smallest absolute Gasteiger partial charge is 0.168 e. The lowest BCUT2D eigenvalue weighted by Crippen LogP contribution is -2.17. The molecule has 0 fully saturated rings. The molecule has 0 bridgehead atoms. The van der Waals surface area contributed by atoms with Gasteiger partial charge in [0, 0.05) is 14.1 Å². The lowest BCUT2D eigenvalue weighted by atomic mass is 10.3. The Morgan fingerprint density at radius 1 is 1.60 bits per heavy atom. The number of aldehydes is 1. The second-order valence-corrected chi connectivity index (χ2v) is 2.06. The molecule has 10 heavy (non-hydrogen) atoms. The lowest BCUT2D eigenvalue weighted by molar-refractivity contribution is -0.106. The average molecular weight is 140 g/mol. The highest BCUT2D eigenvalue weighted by Crippen LogP contribution is 1.98. The number of hydrogen-bond donors (Lipinski definition) is 1. The van der Waals surface area contributed by atoms with Gasteiger partial charge >= 0.3 is 0 Å². The number of hydrogen-bond acceptors (Lipinski definition) is 3. The molecule has 0 saturated heterocycles. The molecule has 0 heterocycles. The maximum atomic E-state index is 10.3. The molecule has 0 aliphatic carbocycles. The minimum atomic E-state index is 0.403. The summed E-state index contributed by atoms with van der Waals surface area (Å²) in [5.41, 5.74) is 6.27. The minimum absolute atomic E-state index is 0.403. The minimum Gasteiger partial charge on any atom is -0.397 e. The summed E-state index contributed by atoms with van der Waals surface area (Å²) in [6.45, 7) is 3.44. The van der Waals surface area contributed by atoms with Gasteiger partial charge in [-0.25, -0.2) is 0 Å². The van der Waals surface area contributed by atoms with Crippen LogP contribution in [0.25, 0.3) is 0 Å². The molecule has 0 unspecified atom stereocenters. The summed E-state index contributed by atoms with van der Waals surface area (Å²) in [5, 5.41) is 0. The van der Waals surface area contributed by atoms with Crippen LogP contribution in [0.3, 0.4) is 0 Å². The van der Waals surface area contributed by atoms with Crippen molar-refractivity contribution in [2.45, 2.75) is 0 Å². The van der Waals surface area contributed by atoms with Gasteiger partial charge in [0.05, 0.1) is 11.4 Å². The Hall–Kier alpha value is -1.25. The van der Waals surface area contributed by atoms with E-state index < -0.39 is 0 Å². The van der Waals surface area contributed by atoms with Crippen molar-refractivity contribution in [3.05, 3.63) is 24.0 Å². The average Bonchev–Trinajstić information content (AvgIpc) is 1.88. The molecule has 0 aromatic rings. The third-order valence-corrected chi connectivity index (χ3v) is 1.11. The van der Waals surface area contributed by atoms with Crippen LogP contribution < -0.4 is 5.73 Å². The zero-order chi connectivity index (χ0) is 8.15. The Kier molecular flexibility index (Phi) is 3.25. The maximum absolute atomic E-state index is 10.3. The van der Waals surface area contributed by atoms with E-state index in [0.717, 1.165) is 0 Å². The lowest BCUT2D eigenvalue weighted by Gasteiger charge is -2.12. The van der Waals surface area contributed by atoms with Gasteiger partial charge in [-0.15, -0.1) is 0 Å². The summed E-state index contributed by atoms with van der Waals surface area (Å²) in [7, 11) is 3.50. The molecule has 0 spiro atoms. The van der Waals surface area contributed by atoms with Gasteiger partial charge in [-0.3, -0.25) is 4.79 Å².